The van der Waals surface area contributed by atoms with Gasteiger partial charge in [0.1, 0.15) is 17.0 Å². The Morgan fingerprint density at radius 1 is 0.571 bits per heavy atom. The summed E-state index contributed by atoms with van der Waals surface area (Å²) in [4.78, 5) is 12.3. The second kappa shape index (κ2) is 9.86. The Kier molecular flexibility index (Phi) is 5.71. The summed E-state index contributed by atoms with van der Waals surface area (Å²) >= 11 is 0. The summed E-state index contributed by atoms with van der Waals surface area (Å²) < 4.78 is 6.37. The standard InChI is InChI=1S/C38H27N3O/c1-41-37(27-14-6-3-7-15-27)39-36(26-12-4-2-5-13-26)40-38(41)30-17-10-16-28(23-30)29-19-21-32-34(24-29)42-33-22-20-25-11-8-9-18-31(25)35(32)33/h2-24,38H,1H3. The number of nitrogens with zero attached hydrogens (tertiary/aromatic N) is 3. The summed E-state index contributed by atoms with van der Waals surface area (Å²) in [6.07, 6.45) is -0.228. The second-order valence-electron chi connectivity index (χ2n) is 10.7. The van der Waals surface area contributed by atoms with Gasteiger partial charge in [-0.25, -0.2) is 9.98 Å². The van der Waals surface area contributed by atoms with Gasteiger partial charge in [0.05, 0.1) is 0 Å². The molecule has 0 spiro atoms. The molecule has 0 aliphatic carbocycles. The smallest absolute Gasteiger partial charge is 0.159 e. The van der Waals surface area contributed by atoms with E-state index in [-0.39, 0.29) is 6.17 Å². The molecule has 8 rings (SSSR count). The van der Waals surface area contributed by atoms with Crippen molar-refractivity contribution in [3.05, 3.63) is 156 Å². The van der Waals surface area contributed by atoms with Crippen molar-refractivity contribution in [1.29, 1.82) is 0 Å². The lowest BCUT2D eigenvalue weighted by molar-refractivity contribution is 0.383. The molecule has 0 saturated heterocycles. The zero-order valence-corrected chi connectivity index (χ0v) is 23.1. The normalized spacial score (nSPS) is 15.3. The number of hydrogen-bond donors (Lipinski definition) is 0. The van der Waals surface area contributed by atoms with Crippen LogP contribution in [0.25, 0.3) is 43.8 Å². The molecule has 0 N–H and O–H groups in total. The molecule has 42 heavy (non-hydrogen) atoms. The first-order valence-corrected chi connectivity index (χ1v) is 14.2. The molecule has 1 aliphatic heterocycles. The van der Waals surface area contributed by atoms with Crippen molar-refractivity contribution in [3.63, 3.8) is 0 Å². The Bertz CT molecular complexity index is 2160. The summed E-state index contributed by atoms with van der Waals surface area (Å²) in [6.45, 7) is 0. The molecule has 2 heterocycles. The topological polar surface area (TPSA) is 41.1 Å². The first-order valence-electron chi connectivity index (χ1n) is 14.2. The van der Waals surface area contributed by atoms with Crippen molar-refractivity contribution < 1.29 is 4.42 Å². The number of rotatable bonds is 4. The zero-order valence-electron chi connectivity index (χ0n) is 23.1. The molecule has 0 radical (unpaired) electrons. The van der Waals surface area contributed by atoms with Crippen LogP contribution in [0.5, 0.6) is 0 Å². The van der Waals surface area contributed by atoms with Crippen LogP contribution in [0.1, 0.15) is 22.9 Å². The highest BCUT2D eigenvalue weighted by molar-refractivity contribution is 6.19. The molecule has 0 amide bonds. The van der Waals surface area contributed by atoms with Gasteiger partial charge >= 0.3 is 0 Å². The van der Waals surface area contributed by atoms with E-state index in [1.165, 1.54) is 16.2 Å². The molecule has 200 valence electrons. The third-order valence-corrected chi connectivity index (χ3v) is 8.10. The molecule has 6 aromatic carbocycles. The minimum absolute atomic E-state index is 0.228. The number of aliphatic imine (C=N–C) groups is 2. The Hall–Kier alpha value is -5.48. The first kappa shape index (κ1) is 24.3. The highest BCUT2D eigenvalue weighted by Crippen LogP contribution is 2.37. The Morgan fingerprint density at radius 3 is 2.12 bits per heavy atom. The summed E-state index contributed by atoms with van der Waals surface area (Å²) in [5, 5.41) is 4.74. The van der Waals surface area contributed by atoms with Crippen molar-refractivity contribution >= 4 is 44.4 Å². The van der Waals surface area contributed by atoms with E-state index in [0.29, 0.717) is 0 Å². The van der Waals surface area contributed by atoms with Gasteiger partial charge in [0, 0.05) is 28.9 Å². The average molecular weight is 542 g/mol. The van der Waals surface area contributed by atoms with Crippen LogP contribution >= 0.6 is 0 Å². The average Bonchev–Trinajstić information content (AvgIpc) is 3.44. The largest absolute Gasteiger partial charge is 0.456 e. The summed E-state index contributed by atoms with van der Waals surface area (Å²) in [5.74, 6) is 1.63. The summed E-state index contributed by atoms with van der Waals surface area (Å²) in [7, 11) is 2.07. The Balaban J connectivity index is 1.22. The van der Waals surface area contributed by atoms with E-state index in [2.05, 4.69) is 115 Å². The van der Waals surface area contributed by atoms with Gasteiger partial charge in [0.15, 0.2) is 12.0 Å². The predicted molar refractivity (Wildman–Crippen MR) is 173 cm³/mol. The van der Waals surface area contributed by atoms with Crippen molar-refractivity contribution in [3.8, 4) is 11.1 Å². The third-order valence-electron chi connectivity index (χ3n) is 8.10. The Labute approximate surface area is 243 Å². The molecule has 1 unspecified atom stereocenters. The van der Waals surface area contributed by atoms with E-state index in [0.717, 1.165) is 56.0 Å². The van der Waals surface area contributed by atoms with E-state index in [9.17, 15) is 0 Å². The van der Waals surface area contributed by atoms with Crippen molar-refractivity contribution in [2.75, 3.05) is 7.05 Å². The number of fused-ring (bicyclic) bond motifs is 5. The van der Waals surface area contributed by atoms with Crippen LogP contribution in [0.15, 0.2) is 154 Å². The van der Waals surface area contributed by atoms with Crippen LogP contribution in [-0.4, -0.2) is 23.6 Å². The molecule has 1 atom stereocenters. The van der Waals surface area contributed by atoms with Gasteiger partial charge in [0.2, 0.25) is 0 Å². The molecule has 4 nitrogen and oxygen atoms in total. The SMILES string of the molecule is CN1C(c2ccccc2)=NC(c2ccccc2)=NC1c1cccc(-c2ccc3c(c2)oc2ccc4ccccc4c23)c1. The number of amidine groups is 2. The van der Waals surface area contributed by atoms with Gasteiger partial charge in [-0.05, 0) is 51.7 Å². The van der Waals surface area contributed by atoms with Gasteiger partial charge in [-0.1, -0.05) is 115 Å². The monoisotopic (exact) mass is 541 g/mol. The second-order valence-corrected chi connectivity index (χ2v) is 10.7. The lowest BCUT2D eigenvalue weighted by Crippen LogP contribution is -2.35. The van der Waals surface area contributed by atoms with Crippen LogP contribution in [0.2, 0.25) is 0 Å². The van der Waals surface area contributed by atoms with Gasteiger partial charge in [-0.2, -0.15) is 0 Å². The van der Waals surface area contributed by atoms with Crippen molar-refractivity contribution in [1.82, 2.24) is 4.90 Å². The first-order chi connectivity index (χ1) is 20.7. The van der Waals surface area contributed by atoms with E-state index in [4.69, 9.17) is 14.4 Å². The molecule has 0 bridgehead atoms. The van der Waals surface area contributed by atoms with Gasteiger partial charge in [0.25, 0.3) is 0 Å². The Morgan fingerprint density at radius 2 is 1.29 bits per heavy atom. The summed E-state index contributed by atoms with van der Waals surface area (Å²) in [6, 6.07) is 48.4. The molecular formula is C38H27N3O. The molecule has 0 saturated carbocycles. The minimum atomic E-state index is -0.228. The van der Waals surface area contributed by atoms with Crippen LogP contribution < -0.4 is 0 Å². The van der Waals surface area contributed by atoms with E-state index < -0.39 is 0 Å². The maximum absolute atomic E-state index is 6.37. The predicted octanol–water partition coefficient (Wildman–Crippen LogP) is 9.24. The van der Waals surface area contributed by atoms with Crippen LogP contribution in [0.3, 0.4) is 0 Å². The quantitative estimate of drug-likeness (QED) is 0.223. The van der Waals surface area contributed by atoms with E-state index >= 15 is 0 Å². The third kappa shape index (κ3) is 4.08. The lowest BCUT2D eigenvalue weighted by atomic mass is 9.99. The number of furan rings is 1. The van der Waals surface area contributed by atoms with Gasteiger partial charge < -0.3 is 9.32 Å². The molecule has 1 aromatic heterocycles. The molecule has 7 aromatic rings. The maximum Gasteiger partial charge on any atom is 0.159 e. The number of benzene rings is 6. The fourth-order valence-corrected chi connectivity index (χ4v) is 6.01. The fourth-order valence-electron chi connectivity index (χ4n) is 6.01. The van der Waals surface area contributed by atoms with Gasteiger partial charge in [-0.3, -0.25) is 0 Å². The van der Waals surface area contributed by atoms with Gasteiger partial charge in [-0.15, -0.1) is 0 Å². The van der Waals surface area contributed by atoms with Crippen molar-refractivity contribution in [2.24, 2.45) is 9.98 Å². The fraction of sp³-hybridized carbons (Fsp3) is 0.0526. The van der Waals surface area contributed by atoms with E-state index in [1.807, 2.05) is 36.4 Å². The molecule has 0 fully saturated rings. The molecule has 1 aliphatic rings. The highest BCUT2D eigenvalue weighted by atomic mass is 16.3. The maximum atomic E-state index is 6.37. The van der Waals surface area contributed by atoms with Crippen molar-refractivity contribution in [2.45, 2.75) is 6.17 Å². The van der Waals surface area contributed by atoms with Crippen LogP contribution in [0, 0.1) is 0 Å². The summed E-state index contributed by atoms with van der Waals surface area (Å²) in [5.41, 5.74) is 7.19. The van der Waals surface area contributed by atoms with E-state index in [1.54, 1.807) is 0 Å². The zero-order chi connectivity index (χ0) is 28.0. The number of hydrogen-bond acceptors (Lipinski definition) is 4. The highest BCUT2D eigenvalue weighted by Gasteiger charge is 2.27. The van der Waals surface area contributed by atoms with Crippen LogP contribution in [-0.2, 0) is 0 Å². The molecule has 4 heteroatoms. The minimum Gasteiger partial charge on any atom is -0.456 e. The van der Waals surface area contributed by atoms with Crippen LogP contribution in [0.4, 0.5) is 0 Å². The lowest BCUT2D eigenvalue weighted by Gasteiger charge is -2.32. The molecular weight excluding hydrogens is 514 g/mol.